The molecule has 0 atom stereocenters. The van der Waals surface area contributed by atoms with Crippen molar-refractivity contribution in [3.63, 3.8) is 0 Å². The zero-order valence-corrected chi connectivity index (χ0v) is 18.8. The number of anilines is 1. The fourth-order valence-electron chi connectivity index (χ4n) is 3.77. The number of aromatic hydroxyl groups is 1. The highest BCUT2D eigenvalue weighted by Crippen LogP contribution is 2.36. The van der Waals surface area contributed by atoms with E-state index in [4.69, 9.17) is 11.1 Å². The van der Waals surface area contributed by atoms with Crippen molar-refractivity contribution < 1.29 is 23.5 Å². The Hall–Kier alpha value is -3.53. The smallest absolute Gasteiger partial charge is 0.418 e. The fraction of sp³-hybridized carbons (Fsp3) is 0.333. The van der Waals surface area contributed by atoms with Gasteiger partial charge >= 0.3 is 6.18 Å². The summed E-state index contributed by atoms with van der Waals surface area (Å²) in [5, 5.41) is 28.5. The van der Waals surface area contributed by atoms with E-state index < -0.39 is 11.7 Å². The maximum atomic E-state index is 13.2. The second kappa shape index (κ2) is 10.6. The Morgan fingerprint density at radius 2 is 1.91 bits per heavy atom. The number of halogens is 3. The molecule has 3 rings (SSSR count). The van der Waals surface area contributed by atoms with Crippen molar-refractivity contribution in [2.45, 2.75) is 32.0 Å². The number of aliphatic imine (C=N–C) groups is 1. The molecule has 0 bridgehead atoms. The lowest BCUT2D eigenvalue weighted by atomic mass is 10.0. The van der Waals surface area contributed by atoms with Gasteiger partial charge in [0, 0.05) is 24.2 Å². The summed E-state index contributed by atoms with van der Waals surface area (Å²) in [6.07, 6.45) is -0.0910. The molecule has 0 saturated carbocycles. The Bertz CT molecular complexity index is 1080. The van der Waals surface area contributed by atoms with Crippen LogP contribution in [0.15, 0.2) is 53.5 Å². The summed E-state index contributed by atoms with van der Waals surface area (Å²) in [7, 11) is 0. The lowest BCUT2D eigenvalue weighted by molar-refractivity contribution is -0.137. The average Bonchev–Trinajstić information content (AvgIpc) is 2.80. The molecule has 1 aliphatic rings. The summed E-state index contributed by atoms with van der Waals surface area (Å²) >= 11 is 0. The molecule has 1 saturated heterocycles. The largest absolute Gasteiger partial charge is 0.507 e. The lowest BCUT2D eigenvalue weighted by Gasteiger charge is -2.31. The number of piperidine rings is 1. The summed E-state index contributed by atoms with van der Waals surface area (Å²) in [5.41, 5.74) is 5.87. The van der Waals surface area contributed by atoms with Crippen LogP contribution in [0.2, 0.25) is 0 Å². The van der Waals surface area contributed by atoms with Gasteiger partial charge in [-0.25, -0.2) is 0 Å². The van der Waals surface area contributed by atoms with Crippen molar-refractivity contribution in [2.24, 2.45) is 10.7 Å². The monoisotopic (exact) mass is 475 g/mol. The zero-order valence-electron chi connectivity index (χ0n) is 18.8. The Morgan fingerprint density at radius 3 is 2.56 bits per heavy atom. The minimum absolute atomic E-state index is 0.0391. The third kappa shape index (κ3) is 6.28. The number of phenols is 1. The second-order valence-corrected chi connectivity index (χ2v) is 8.09. The number of hydrogen-bond acceptors (Lipinski definition) is 5. The van der Waals surface area contributed by atoms with Crippen LogP contribution in [-0.2, 0) is 6.18 Å². The summed E-state index contributed by atoms with van der Waals surface area (Å²) in [6.45, 7) is 3.02. The second-order valence-electron chi connectivity index (χ2n) is 8.09. The highest BCUT2D eigenvalue weighted by atomic mass is 19.4. The number of rotatable bonds is 6. The van der Waals surface area contributed by atoms with Crippen LogP contribution < -0.4 is 10.8 Å². The summed E-state index contributed by atoms with van der Waals surface area (Å²) in [4.78, 5) is 6.58. The molecule has 2 aromatic rings. The highest BCUT2D eigenvalue weighted by Gasteiger charge is 2.34. The van der Waals surface area contributed by atoms with Gasteiger partial charge in [0.05, 0.1) is 29.7 Å². The molecule has 0 amide bonds. The molecular formula is C24H28F3N5O2. The van der Waals surface area contributed by atoms with E-state index in [1.54, 1.807) is 19.1 Å². The van der Waals surface area contributed by atoms with Crippen LogP contribution in [0.3, 0.4) is 0 Å². The number of nitrogens with zero attached hydrogens (tertiary/aromatic N) is 3. The molecule has 0 unspecified atom stereocenters. The van der Waals surface area contributed by atoms with Crippen molar-refractivity contribution in [1.82, 2.24) is 4.90 Å². The van der Waals surface area contributed by atoms with Gasteiger partial charge < -0.3 is 15.7 Å². The predicted molar refractivity (Wildman–Crippen MR) is 126 cm³/mol. The van der Waals surface area contributed by atoms with Crippen LogP contribution in [0.4, 0.5) is 18.9 Å². The molecule has 0 aromatic heterocycles. The van der Waals surface area contributed by atoms with Crippen LogP contribution in [0.5, 0.6) is 5.75 Å². The molecule has 5 N–H and O–H groups in total. The van der Waals surface area contributed by atoms with Crippen LogP contribution in [0.25, 0.3) is 6.08 Å². The number of amidine groups is 2. The van der Waals surface area contributed by atoms with E-state index in [0.29, 0.717) is 27.9 Å². The molecule has 0 radical (unpaired) electrons. The number of nitrogens with two attached hydrogens (primary N) is 1. The Kier molecular flexibility index (Phi) is 7.83. The van der Waals surface area contributed by atoms with E-state index in [1.807, 2.05) is 4.90 Å². The zero-order chi connectivity index (χ0) is 24.9. The Balaban J connectivity index is 1.69. The van der Waals surface area contributed by atoms with E-state index in [0.717, 1.165) is 32.0 Å². The summed E-state index contributed by atoms with van der Waals surface area (Å²) < 4.78 is 39.5. The number of nitrogens with one attached hydrogen (secondary N) is 1. The quantitative estimate of drug-likeness (QED) is 0.280. The topological polar surface area (TPSA) is 109 Å². The van der Waals surface area contributed by atoms with Crippen molar-refractivity contribution >= 4 is 23.4 Å². The van der Waals surface area contributed by atoms with Gasteiger partial charge in [0.1, 0.15) is 11.6 Å². The third-order valence-electron chi connectivity index (χ3n) is 5.65. The minimum atomic E-state index is -4.60. The number of likely N-dealkylation sites (tertiary alicyclic amines) is 1. The van der Waals surface area contributed by atoms with Gasteiger partial charge in [0.15, 0.2) is 0 Å². The van der Waals surface area contributed by atoms with Crippen LogP contribution in [0, 0.1) is 5.41 Å². The van der Waals surface area contributed by atoms with Crippen molar-refractivity contribution in [1.29, 1.82) is 5.41 Å². The number of hydrogen-bond donors (Lipinski definition) is 4. The molecule has 1 heterocycles. The fourth-order valence-corrected chi connectivity index (χ4v) is 3.77. The Labute approximate surface area is 196 Å². The van der Waals surface area contributed by atoms with Crippen molar-refractivity contribution in [3.05, 3.63) is 65.2 Å². The normalized spacial score (nSPS) is 15.7. The summed E-state index contributed by atoms with van der Waals surface area (Å²) in [6, 6.07) is 9.52. The van der Waals surface area contributed by atoms with Gasteiger partial charge in [0.25, 0.3) is 0 Å². The summed E-state index contributed by atoms with van der Waals surface area (Å²) in [5.74, 6) is 0.819. The molecule has 34 heavy (non-hydrogen) atoms. The number of phenolic OH excluding ortho intramolecular Hbond substituents is 1. The van der Waals surface area contributed by atoms with Gasteiger partial charge in [-0.15, -0.1) is 0 Å². The van der Waals surface area contributed by atoms with Crippen molar-refractivity contribution in [2.75, 3.05) is 24.7 Å². The average molecular weight is 476 g/mol. The first kappa shape index (κ1) is 25.1. The molecule has 0 aliphatic carbocycles. The molecule has 1 aliphatic heterocycles. The van der Waals surface area contributed by atoms with Gasteiger partial charge in [-0.3, -0.25) is 20.7 Å². The lowest BCUT2D eigenvalue weighted by Crippen LogP contribution is -2.38. The van der Waals surface area contributed by atoms with E-state index in [2.05, 4.69) is 4.99 Å². The van der Waals surface area contributed by atoms with Crippen molar-refractivity contribution in [3.8, 4) is 5.75 Å². The number of para-hydroxylation sites is 1. The van der Waals surface area contributed by atoms with Gasteiger partial charge in [0.2, 0.25) is 0 Å². The predicted octanol–water partition coefficient (Wildman–Crippen LogP) is 4.49. The first-order valence-electron chi connectivity index (χ1n) is 10.8. The highest BCUT2D eigenvalue weighted by molar-refractivity contribution is 5.98. The molecular weight excluding hydrogens is 447 g/mol. The SMILES string of the molecule is CC(=N)N1CCC(N=C(N)c2ccc(O)c(/C=C/CN(O)c3ccccc3C(F)(F)F)c2)CC1. The van der Waals surface area contributed by atoms with Crippen LogP contribution in [-0.4, -0.2) is 52.6 Å². The molecule has 0 spiro atoms. The van der Waals surface area contributed by atoms with Crippen LogP contribution in [0.1, 0.15) is 36.5 Å². The van der Waals surface area contributed by atoms with Crippen LogP contribution >= 0.6 is 0 Å². The van der Waals surface area contributed by atoms with E-state index in [1.165, 1.54) is 36.4 Å². The van der Waals surface area contributed by atoms with Gasteiger partial charge in [-0.05, 0) is 50.1 Å². The molecule has 182 valence electrons. The first-order chi connectivity index (χ1) is 16.1. The van der Waals surface area contributed by atoms with E-state index in [9.17, 15) is 23.5 Å². The molecule has 1 fully saturated rings. The van der Waals surface area contributed by atoms with E-state index in [-0.39, 0.29) is 24.0 Å². The number of hydroxylamine groups is 1. The van der Waals surface area contributed by atoms with Gasteiger partial charge in [-0.2, -0.15) is 13.2 Å². The Morgan fingerprint density at radius 1 is 1.24 bits per heavy atom. The van der Waals surface area contributed by atoms with Gasteiger partial charge in [-0.1, -0.05) is 24.3 Å². The maximum absolute atomic E-state index is 13.2. The number of alkyl halides is 3. The first-order valence-corrected chi connectivity index (χ1v) is 10.8. The standard InChI is InChI=1S/C24H28F3N5O2/c1-16(28)31-13-10-19(11-14-31)30-23(29)18-8-9-22(33)17(15-18)5-4-12-32(34)21-7-3-2-6-20(21)24(25,26)27/h2-9,15,19,28,33-34H,10-14H2,1H3,(H2,29,30)/b5-4+,28-16?. The molecule has 7 nitrogen and oxygen atoms in total. The minimum Gasteiger partial charge on any atom is -0.507 e. The molecule has 10 heteroatoms. The third-order valence-corrected chi connectivity index (χ3v) is 5.65. The maximum Gasteiger partial charge on any atom is 0.418 e. The number of benzene rings is 2. The van der Waals surface area contributed by atoms with E-state index >= 15 is 0 Å². The molecule has 2 aromatic carbocycles.